The van der Waals surface area contributed by atoms with Gasteiger partial charge in [-0.3, -0.25) is 4.79 Å². The average Bonchev–Trinajstić information content (AvgIpc) is 2.91. The van der Waals surface area contributed by atoms with Crippen molar-refractivity contribution in [3.05, 3.63) is 30.0 Å². The second kappa shape index (κ2) is 4.74. The number of aromatic nitrogens is 1. The smallest absolute Gasteiger partial charge is 0.256 e. The number of rotatable bonds is 1. The summed E-state index contributed by atoms with van der Waals surface area (Å²) in [6, 6.07) is 5.69. The standard InChI is InChI=1S/C18H21N3O2/c22-14-9-13-3-6-20-7-8-21(18(23)15(10-14)17(13)20)16-11-19-4-1-12(16)2-5-19/h3,6,9-10,12,16,22H,1-2,4-5,7-8,11H2. The molecular formula is C18H21N3O2. The van der Waals surface area contributed by atoms with E-state index >= 15 is 0 Å². The van der Waals surface area contributed by atoms with Gasteiger partial charge in [-0.2, -0.15) is 0 Å². The Balaban J connectivity index is 1.58. The van der Waals surface area contributed by atoms with Gasteiger partial charge in [0.2, 0.25) is 0 Å². The van der Waals surface area contributed by atoms with Crippen LogP contribution in [0.1, 0.15) is 23.2 Å². The Labute approximate surface area is 135 Å². The first-order chi connectivity index (χ1) is 11.2. The number of nitrogens with zero attached hydrogens (tertiary/aromatic N) is 3. The maximum atomic E-state index is 13.2. The molecule has 0 aliphatic carbocycles. The summed E-state index contributed by atoms with van der Waals surface area (Å²) in [4.78, 5) is 17.8. The van der Waals surface area contributed by atoms with Gasteiger partial charge < -0.3 is 19.5 Å². The molecule has 3 fully saturated rings. The van der Waals surface area contributed by atoms with Gasteiger partial charge in [-0.25, -0.2) is 0 Å². The van der Waals surface area contributed by atoms with Crippen molar-refractivity contribution in [3.63, 3.8) is 0 Å². The number of carbonyl (C=O) groups excluding carboxylic acids is 1. The molecular weight excluding hydrogens is 290 g/mol. The van der Waals surface area contributed by atoms with E-state index in [1.807, 2.05) is 12.3 Å². The molecule has 0 radical (unpaired) electrons. The number of phenolic OH excluding ortho intramolecular Hbond substituents is 1. The lowest BCUT2D eigenvalue weighted by Gasteiger charge is -2.48. The Morgan fingerprint density at radius 2 is 1.91 bits per heavy atom. The van der Waals surface area contributed by atoms with Crippen LogP contribution in [0.25, 0.3) is 10.9 Å². The molecule has 5 heteroatoms. The topological polar surface area (TPSA) is 48.7 Å². The van der Waals surface area contributed by atoms with Gasteiger partial charge in [0.25, 0.3) is 5.91 Å². The SMILES string of the molecule is O=C1c2cc(O)cc3ccn(c23)CCN1C1CN2CCC1CC2. The number of amides is 1. The van der Waals surface area contributed by atoms with Gasteiger partial charge in [-0.05, 0) is 50.0 Å². The van der Waals surface area contributed by atoms with Crippen LogP contribution in [0.5, 0.6) is 5.75 Å². The third-order valence-corrected chi connectivity index (χ3v) is 5.94. The van der Waals surface area contributed by atoms with Crippen molar-refractivity contribution in [2.24, 2.45) is 5.92 Å². The molecule has 4 aliphatic heterocycles. The number of aromatic hydroxyl groups is 1. The highest BCUT2D eigenvalue weighted by Gasteiger charge is 2.40. The lowest BCUT2D eigenvalue weighted by molar-refractivity contribution is 0.00726. The van der Waals surface area contributed by atoms with Crippen LogP contribution in [0.3, 0.4) is 0 Å². The van der Waals surface area contributed by atoms with E-state index in [0.29, 0.717) is 17.5 Å². The third kappa shape index (κ3) is 1.92. The van der Waals surface area contributed by atoms with Gasteiger partial charge in [0.05, 0.1) is 11.1 Å². The lowest BCUT2D eigenvalue weighted by Crippen LogP contribution is -2.58. The summed E-state index contributed by atoms with van der Waals surface area (Å²) in [6.07, 6.45) is 4.44. The van der Waals surface area contributed by atoms with Crippen molar-refractivity contribution in [2.75, 3.05) is 26.2 Å². The first kappa shape index (κ1) is 13.4. The predicted molar refractivity (Wildman–Crippen MR) is 87.6 cm³/mol. The molecule has 120 valence electrons. The van der Waals surface area contributed by atoms with Crippen LogP contribution >= 0.6 is 0 Å². The molecule has 5 heterocycles. The fourth-order valence-electron chi connectivity index (χ4n) is 4.76. The maximum Gasteiger partial charge on any atom is 0.256 e. The van der Waals surface area contributed by atoms with Gasteiger partial charge >= 0.3 is 0 Å². The summed E-state index contributed by atoms with van der Waals surface area (Å²) < 4.78 is 2.16. The van der Waals surface area contributed by atoms with Gasteiger partial charge in [0.15, 0.2) is 0 Å². The van der Waals surface area contributed by atoms with E-state index in [9.17, 15) is 9.90 Å². The van der Waals surface area contributed by atoms with Gasteiger partial charge in [-0.15, -0.1) is 0 Å². The fourth-order valence-corrected chi connectivity index (χ4v) is 4.76. The Bertz CT molecular complexity index is 789. The van der Waals surface area contributed by atoms with E-state index < -0.39 is 0 Å². The Morgan fingerprint density at radius 1 is 1.09 bits per heavy atom. The molecule has 5 nitrogen and oxygen atoms in total. The second-order valence-corrected chi connectivity index (χ2v) is 7.14. The number of carbonyl (C=O) groups is 1. The van der Waals surface area contributed by atoms with Gasteiger partial charge in [-0.1, -0.05) is 0 Å². The Kier molecular flexibility index (Phi) is 2.77. The molecule has 0 spiro atoms. The van der Waals surface area contributed by atoms with Crippen molar-refractivity contribution in [1.82, 2.24) is 14.4 Å². The van der Waals surface area contributed by atoms with E-state index in [1.165, 1.54) is 25.9 Å². The molecule has 23 heavy (non-hydrogen) atoms. The highest BCUT2D eigenvalue weighted by atomic mass is 16.3. The van der Waals surface area contributed by atoms with Crippen LogP contribution in [-0.2, 0) is 6.54 Å². The molecule has 6 rings (SSSR count). The van der Waals surface area contributed by atoms with Crippen LogP contribution in [0.15, 0.2) is 24.4 Å². The minimum atomic E-state index is 0.0853. The first-order valence-corrected chi connectivity index (χ1v) is 8.56. The quantitative estimate of drug-likeness (QED) is 0.875. The molecule has 3 saturated heterocycles. The maximum absolute atomic E-state index is 13.2. The molecule has 1 atom stereocenters. The summed E-state index contributed by atoms with van der Waals surface area (Å²) in [7, 11) is 0. The number of piperidine rings is 3. The normalized spacial score (nSPS) is 30.0. The highest BCUT2D eigenvalue weighted by Crippen LogP contribution is 2.35. The summed E-state index contributed by atoms with van der Waals surface area (Å²) in [6.45, 7) is 4.95. The minimum Gasteiger partial charge on any atom is -0.508 e. The monoisotopic (exact) mass is 311 g/mol. The third-order valence-electron chi connectivity index (χ3n) is 5.94. The predicted octanol–water partition coefficient (Wildman–Crippen LogP) is 1.90. The number of fused-ring (bicyclic) bond motifs is 3. The first-order valence-electron chi connectivity index (χ1n) is 8.56. The zero-order chi connectivity index (χ0) is 15.6. The fraction of sp³-hybridized carbons (Fsp3) is 0.500. The van der Waals surface area contributed by atoms with Crippen LogP contribution in [0.4, 0.5) is 0 Å². The largest absolute Gasteiger partial charge is 0.508 e. The molecule has 1 aromatic carbocycles. The van der Waals surface area contributed by atoms with Crippen LogP contribution in [0.2, 0.25) is 0 Å². The average molecular weight is 311 g/mol. The molecule has 2 aromatic rings. The molecule has 1 aromatic heterocycles. The summed E-state index contributed by atoms with van der Waals surface area (Å²) >= 11 is 0. The second-order valence-electron chi connectivity index (χ2n) is 7.14. The minimum absolute atomic E-state index is 0.0853. The summed E-state index contributed by atoms with van der Waals surface area (Å²) in [5, 5.41) is 10.9. The number of benzene rings is 1. The zero-order valence-corrected chi connectivity index (χ0v) is 13.1. The Hall–Kier alpha value is -2.01. The number of hydrogen-bond acceptors (Lipinski definition) is 3. The van der Waals surface area contributed by atoms with Crippen molar-refractivity contribution < 1.29 is 9.90 Å². The van der Waals surface area contributed by atoms with Crippen molar-refractivity contribution in [3.8, 4) is 5.75 Å². The van der Waals surface area contributed by atoms with E-state index in [2.05, 4.69) is 14.4 Å². The van der Waals surface area contributed by atoms with Crippen molar-refractivity contribution >= 4 is 16.8 Å². The molecule has 0 saturated carbocycles. The van der Waals surface area contributed by atoms with Crippen LogP contribution < -0.4 is 0 Å². The zero-order valence-electron chi connectivity index (χ0n) is 13.1. The lowest BCUT2D eigenvalue weighted by atomic mass is 9.83. The van der Waals surface area contributed by atoms with E-state index in [4.69, 9.17) is 0 Å². The van der Waals surface area contributed by atoms with Gasteiger partial charge in [0.1, 0.15) is 5.75 Å². The number of phenols is 1. The van der Waals surface area contributed by atoms with Crippen molar-refractivity contribution in [2.45, 2.75) is 25.4 Å². The van der Waals surface area contributed by atoms with Gasteiger partial charge in [0, 0.05) is 37.3 Å². The highest BCUT2D eigenvalue weighted by molar-refractivity contribution is 6.07. The van der Waals surface area contributed by atoms with Crippen LogP contribution in [0, 0.1) is 5.92 Å². The number of hydrogen-bond donors (Lipinski definition) is 1. The summed E-state index contributed by atoms with van der Waals surface area (Å²) in [5.41, 5.74) is 1.62. The Morgan fingerprint density at radius 3 is 2.65 bits per heavy atom. The van der Waals surface area contributed by atoms with E-state index in [1.54, 1.807) is 12.1 Å². The molecule has 1 unspecified atom stereocenters. The molecule has 1 amide bonds. The van der Waals surface area contributed by atoms with E-state index in [0.717, 1.165) is 30.5 Å². The summed E-state index contributed by atoms with van der Waals surface area (Å²) in [5.74, 6) is 0.894. The molecule has 2 bridgehead atoms. The van der Waals surface area contributed by atoms with E-state index in [-0.39, 0.29) is 11.7 Å². The molecule has 4 aliphatic rings. The van der Waals surface area contributed by atoms with Crippen molar-refractivity contribution in [1.29, 1.82) is 0 Å². The molecule has 1 N–H and O–H groups in total. The van der Waals surface area contributed by atoms with Crippen LogP contribution in [-0.4, -0.2) is 57.6 Å².